The summed E-state index contributed by atoms with van der Waals surface area (Å²) in [6, 6.07) is 5.61. The quantitative estimate of drug-likeness (QED) is 0.169. The van der Waals surface area contributed by atoms with Crippen molar-refractivity contribution in [2.24, 2.45) is 33.9 Å². The number of hydrogen-bond donors (Lipinski definition) is 1. The van der Waals surface area contributed by atoms with E-state index in [9.17, 15) is 9.59 Å². The lowest BCUT2D eigenvalue weighted by Crippen LogP contribution is -2.38. The first kappa shape index (κ1) is 36.8. The Bertz CT molecular complexity index is 1230. The zero-order chi connectivity index (χ0) is 33.0. The summed E-state index contributed by atoms with van der Waals surface area (Å²) in [6.07, 6.45) is 10.4. The number of amidine groups is 1. The minimum absolute atomic E-state index is 0.130. The molecule has 0 aliphatic carbocycles. The Kier molecular flexibility index (Phi) is 14.4. The van der Waals surface area contributed by atoms with Gasteiger partial charge in [-0.3, -0.25) is 9.59 Å². The highest BCUT2D eigenvalue weighted by atomic mass is 16.5. The van der Waals surface area contributed by atoms with Crippen LogP contribution in [0, 0.1) is 23.2 Å². The highest BCUT2D eigenvalue weighted by Gasteiger charge is 2.38. The van der Waals surface area contributed by atoms with Gasteiger partial charge in [0.15, 0.2) is 0 Å². The van der Waals surface area contributed by atoms with Crippen LogP contribution >= 0.6 is 0 Å². The molecule has 0 aromatic heterocycles. The fraction of sp³-hybridized carbons (Fsp3) is 0.595. The third kappa shape index (κ3) is 9.09. The predicted octanol–water partition coefficient (Wildman–Crippen LogP) is 8.43. The Balaban J connectivity index is 2.64. The van der Waals surface area contributed by atoms with Crippen LogP contribution in [0.4, 0.5) is 0 Å². The second-order valence-corrected chi connectivity index (χ2v) is 12.8. The molecule has 244 valence electrons. The molecular weight excluding hydrogens is 548 g/mol. The molecule has 1 aromatic rings. The van der Waals surface area contributed by atoms with Crippen LogP contribution in [0.3, 0.4) is 0 Å². The first-order valence-corrected chi connectivity index (χ1v) is 16.6. The number of amides is 1. The molecule has 1 aromatic carbocycles. The summed E-state index contributed by atoms with van der Waals surface area (Å²) in [5.74, 6) is 2.31. The molecular formula is C37H58N4O3. The van der Waals surface area contributed by atoms with Crippen molar-refractivity contribution in [3.63, 3.8) is 0 Å². The SMILES string of the molecule is C=C(N1C=CN=C(N)/C1=C(\c1ccc(C=O)cc1OCC)C(C)CC)C(CC)(CCC(C)CCN(CC)C(C)=O)CC(C)C. The maximum absolute atomic E-state index is 12.0. The molecule has 3 unspecified atom stereocenters. The molecule has 0 fully saturated rings. The van der Waals surface area contributed by atoms with Crippen LogP contribution in [-0.2, 0) is 4.79 Å². The van der Waals surface area contributed by atoms with Crippen LogP contribution in [0.5, 0.6) is 5.75 Å². The van der Waals surface area contributed by atoms with Crippen molar-refractivity contribution < 1.29 is 14.3 Å². The number of hydrogen-bond acceptors (Lipinski definition) is 6. The summed E-state index contributed by atoms with van der Waals surface area (Å²) in [5.41, 5.74) is 11.0. The van der Waals surface area contributed by atoms with Gasteiger partial charge in [0.05, 0.1) is 12.3 Å². The van der Waals surface area contributed by atoms with Gasteiger partial charge < -0.3 is 20.3 Å². The van der Waals surface area contributed by atoms with Crippen molar-refractivity contribution >= 4 is 23.6 Å². The molecule has 0 saturated carbocycles. The number of nitrogens with two attached hydrogens (primary N) is 1. The van der Waals surface area contributed by atoms with Crippen LogP contribution in [0.1, 0.15) is 117 Å². The lowest BCUT2D eigenvalue weighted by atomic mass is 9.70. The number of rotatable bonds is 18. The standard InChI is InChI=1S/C37H58N4O3/c1-11-28(8)34(32-16-15-31(25-42)23-33(32)44-14-4)35-36(38)39-20-22-41(35)29(9)37(12-2,24-26(5)6)19-17-27(7)18-21-40(13-3)30(10)43/h15-16,20,22-23,25-28H,9,11-14,17-19,21,24H2,1-8,10H3,(H2,38,39)/b35-34+. The van der Waals surface area contributed by atoms with Crippen molar-refractivity contribution in [2.75, 3.05) is 19.7 Å². The fourth-order valence-corrected chi connectivity index (χ4v) is 6.38. The molecule has 2 rings (SSSR count). The lowest BCUT2D eigenvalue weighted by molar-refractivity contribution is -0.128. The third-order valence-corrected chi connectivity index (χ3v) is 9.22. The maximum Gasteiger partial charge on any atom is 0.219 e. The molecule has 1 aliphatic rings. The fourth-order valence-electron chi connectivity index (χ4n) is 6.38. The number of carbonyl (C=O) groups is 2. The van der Waals surface area contributed by atoms with Gasteiger partial charge in [0.1, 0.15) is 17.9 Å². The molecule has 1 amide bonds. The number of allylic oxidation sites excluding steroid dienone is 2. The Hall–Kier alpha value is -3.35. The summed E-state index contributed by atoms with van der Waals surface area (Å²) in [5, 5.41) is 0. The molecule has 0 bridgehead atoms. The Morgan fingerprint density at radius 1 is 1.16 bits per heavy atom. The maximum atomic E-state index is 12.0. The van der Waals surface area contributed by atoms with E-state index in [0.29, 0.717) is 35.6 Å². The predicted molar refractivity (Wildman–Crippen MR) is 184 cm³/mol. The van der Waals surface area contributed by atoms with Crippen LogP contribution in [-0.4, -0.2) is 47.5 Å². The second kappa shape index (κ2) is 17.2. The average Bonchev–Trinajstić information content (AvgIpc) is 3.00. The number of aldehydes is 1. The summed E-state index contributed by atoms with van der Waals surface area (Å²) in [4.78, 5) is 32.3. The zero-order valence-corrected chi connectivity index (χ0v) is 28.9. The summed E-state index contributed by atoms with van der Waals surface area (Å²) >= 11 is 0. The largest absolute Gasteiger partial charge is 0.493 e. The van der Waals surface area contributed by atoms with Gasteiger partial charge in [-0.2, -0.15) is 0 Å². The second-order valence-electron chi connectivity index (χ2n) is 12.8. The van der Waals surface area contributed by atoms with Gasteiger partial charge >= 0.3 is 0 Å². The molecule has 2 N–H and O–H groups in total. The molecule has 3 atom stereocenters. The molecule has 0 radical (unpaired) electrons. The van der Waals surface area contributed by atoms with Gasteiger partial charge in [-0.05, 0) is 81.8 Å². The normalized spacial score (nSPS) is 17.0. The van der Waals surface area contributed by atoms with E-state index in [1.54, 1.807) is 13.1 Å². The van der Waals surface area contributed by atoms with Crippen LogP contribution < -0.4 is 10.5 Å². The zero-order valence-electron chi connectivity index (χ0n) is 28.9. The number of nitrogens with zero attached hydrogens (tertiary/aromatic N) is 3. The lowest BCUT2D eigenvalue weighted by Gasteiger charge is -2.44. The molecule has 0 spiro atoms. The van der Waals surface area contributed by atoms with E-state index < -0.39 is 0 Å². The topological polar surface area (TPSA) is 88.2 Å². The Morgan fingerprint density at radius 3 is 2.41 bits per heavy atom. The number of carbonyl (C=O) groups excluding carboxylic acids is 2. The molecule has 1 aliphatic heterocycles. The van der Waals surface area contributed by atoms with Crippen molar-refractivity contribution in [1.29, 1.82) is 0 Å². The van der Waals surface area contributed by atoms with E-state index in [1.165, 1.54) is 0 Å². The first-order valence-electron chi connectivity index (χ1n) is 16.6. The van der Waals surface area contributed by atoms with E-state index in [4.69, 9.17) is 17.0 Å². The van der Waals surface area contributed by atoms with Gasteiger partial charge in [-0.25, -0.2) is 4.99 Å². The van der Waals surface area contributed by atoms with E-state index in [-0.39, 0.29) is 17.2 Å². The number of aliphatic imine (C=N–C) groups is 1. The van der Waals surface area contributed by atoms with Crippen LogP contribution in [0.15, 0.2) is 53.6 Å². The highest BCUT2D eigenvalue weighted by molar-refractivity contribution is 6.05. The molecule has 0 saturated heterocycles. The van der Waals surface area contributed by atoms with Crippen molar-refractivity contribution in [2.45, 2.75) is 101 Å². The van der Waals surface area contributed by atoms with Gasteiger partial charge in [-0.15, -0.1) is 0 Å². The van der Waals surface area contributed by atoms with Gasteiger partial charge in [0.2, 0.25) is 5.91 Å². The Labute approximate surface area is 267 Å². The average molecular weight is 607 g/mol. The monoisotopic (exact) mass is 606 g/mol. The minimum Gasteiger partial charge on any atom is -0.493 e. The van der Waals surface area contributed by atoms with Gasteiger partial charge in [0, 0.05) is 54.7 Å². The first-order chi connectivity index (χ1) is 20.9. The van der Waals surface area contributed by atoms with Gasteiger partial charge in [0.25, 0.3) is 0 Å². The molecule has 7 heteroatoms. The molecule has 7 nitrogen and oxygen atoms in total. The smallest absolute Gasteiger partial charge is 0.219 e. The summed E-state index contributed by atoms with van der Waals surface area (Å²) in [6.45, 7) is 25.9. The third-order valence-electron chi connectivity index (χ3n) is 9.22. The van der Waals surface area contributed by atoms with Crippen molar-refractivity contribution in [1.82, 2.24) is 9.80 Å². The van der Waals surface area contributed by atoms with Crippen LogP contribution in [0.25, 0.3) is 5.57 Å². The van der Waals surface area contributed by atoms with Crippen molar-refractivity contribution in [3.05, 3.63) is 59.7 Å². The van der Waals surface area contributed by atoms with E-state index in [2.05, 4.69) is 51.4 Å². The van der Waals surface area contributed by atoms with Crippen molar-refractivity contribution in [3.8, 4) is 5.75 Å². The van der Waals surface area contributed by atoms with Gasteiger partial charge in [-0.1, -0.05) is 60.3 Å². The molecule has 44 heavy (non-hydrogen) atoms. The number of ether oxygens (including phenoxy) is 1. The Morgan fingerprint density at radius 2 is 1.86 bits per heavy atom. The summed E-state index contributed by atoms with van der Waals surface area (Å²) < 4.78 is 6.09. The highest BCUT2D eigenvalue weighted by Crippen LogP contribution is 2.47. The van der Waals surface area contributed by atoms with E-state index >= 15 is 0 Å². The number of benzene rings is 1. The summed E-state index contributed by atoms with van der Waals surface area (Å²) in [7, 11) is 0. The van der Waals surface area contributed by atoms with E-state index in [1.807, 2.05) is 43.1 Å². The van der Waals surface area contributed by atoms with Crippen LogP contribution in [0.2, 0.25) is 0 Å². The molecule has 1 heterocycles. The van der Waals surface area contributed by atoms with E-state index in [0.717, 1.165) is 80.4 Å². The minimum atomic E-state index is -0.161.